The van der Waals surface area contributed by atoms with Gasteiger partial charge in [0.2, 0.25) is 0 Å². The Kier molecular flexibility index (Phi) is 4.95. The second-order valence-corrected chi connectivity index (χ2v) is 6.09. The molecule has 1 aromatic rings. The minimum atomic E-state index is -2.89. The Morgan fingerprint density at radius 2 is 2.19 bits per heavy atom. The van der Waals surface area contributed by atoms with Gasteiger partial charge >= 0.3 is 0 Å². The van der Waals surface area contributed by atoms with Crippen molar-refractivity contribution in [3.05, 3.63) is 18.2 Å². The fraction of sp³-hybridized carbons (Fsp3) is 0.700. The number of imidazole rings is 1. The van der Waals surface area contributed by atoms with E-state index < -0.39 is 9.84 Å². The van der Waals surface area contributed by atoms with Gasteiger partial charge in [0.05, 0.1) is 17.8 Å². The number of sulfone groups is 1. The Labute approximate surface area is 96.8 Å². The van der Waals surface area contributed by atoms with Crippen molar-refractivity contribution in [1.82, 2.24) is 14.9 Å². The molecule has 0 atom stereocenters. The van der Waals surface area contributed by atoms with Crippen LogP contribution < -0.4 is 5.32 Å². The molecular weight excluding hydrogens is 226 g/mol. The van der Waals surface area contributed by atoms with Crippen molar-refractivity contribution in [3.8, 4) is 0 Å². The maximum absolute atomic E-state index is 11.3. The van der Waals surface area contributed by atoms with Gasteiger partial charge in [-0.3, -0.25) is 0 Å². The molecule has 5 nitrogen and oxygen atoms in total. The topological polar surface area (TPSA) is 64.0 Å². The lowest BCUT2D eigenvalue weighted by Crippen LogP contribution is -2.14. The molecule has 0 fully saturated rings. The fourth-order valence-corrected chi connectivity index (χ4v) is 2.04. The number of aromatic nitrogens is 2. The van der Waals surface area contributed by atoms with Crippen LogP contribution in [0.15, 0.2) is 12.5 Å². The minimum Gasteiger partial charge on any atom is -0.336 e. The molecule has 92 valence electrons. The molecule has 0 saturated heterocycles. The van der Waals surface area contributed by atoms with Crippen LogP contribution in [0.1, 0.15) is 19.5 Å². The predicted octanol–water partition coefficient (Wildman–Crippen LogP) is 0.427. The van der Waals surface area contributed by atoms with Crippen LogP contribution in [0, 0.1) is 0 Å². The smallest absolute Gasteiger partial charge is 0.151 e. The van der Waals surface area contributed by atoms with Gasteiger partial charge in [-0.1, -0.05) is 13.8 Å². The summed E-state index contributed by atoms with van der Waals surface area (Å²) in [5.41, 5.74) is 0.941. The first-order valence-corrected chi connectivity index (χ1v) is 7.31. The van der Waals surface area contributed by atoms with Gasteiger partial charge in [-0.15, -0.1) is 0 Å². The maximum Gasteiger partial charge on any atom is 0.151 e. The van der Waals surface area contributed by atoms with E-state index in [4.69, 9.17) is 0 Å². The average Bonchev–Trinajstić information content (AvgIpc) is 2.72. The molecule has 6 heteroatoms. The van der Waals surface area contributed by atoms with E-state index in [1.807, 2.05) is 17.7 Å². The predicted molar refractivity (Wildman–Crippen MR) is 63.9 cm³/mol. The van der Waals surface area contributed by atoms with Crippen LogP contribution in [0.4, 0.5) is 0 Å². The van der Waals surface area contributed by atoms with Crippen LogP contribution in [0.25, 0.3) is 0 Å². The molecule has 0 unspecified atom stereocenters. The molecule has 1 N–H and O–H groups in total. The normalized spacial score (nSPS) is 11.9. The van der Waals surface area contributed by atoms with E-state index in [0.29, 0.717) is 6.54 Å². The summed E-state index contributed by atoms with van der Waals surface area (Å²) < 4.78 is 24.4. The molecule has 0 radical (unpaired) electrons. The summed E-state index contributed by atoms with van der Waals surface area (Å²) in [5, 5.41) is 3.17. The van der Waals surface area contributed by atoms with Crippen LogP contribution >= 0.6 is 0 Å². The highest BCUT2D eigenvalue weighted by atomic mass is 32.2. The second-order valence-electron chi connectivity index (χ2n) is 3.62. The van der Waals surface area contributed by atoms with Crippen LogP contribution in [-0.2, 0) is 22.9 Å². The number of aryl methyl sites for hydroxylation is 1. The largest absolute Gasteiger partial charge is 0.336 e. The zero-order chi connectivity index (χ0) is 12.0. The molecule has 0 amide bonds. The number of nitrogens with one attached hydrogen (secondary N) is 1. The highest BCUT2D eigenvalue weighted by Gasteiger charge is 2.07. The molecule has 1 heterocycles. The van der Waals surface area contributed by atoms with Gasteiger partial charge in [0.15, 0.2) is 9.84 Å². The molecule has 0 aliphatic carbocycles. The second kappa shape index (κ2) is 6.00. The summed E-state index contributed by atoms with van der Waals surface area (Å²) >= 11 is 0. The third-order valence-corrected chi connectivity index (χ3v) is 4.03. The SMILES string of the molecule is CCNCc1cn(CCS(=O)(=O)CC)cn1. The third kappa shape index (κ3) is 4.32. The minimum absolute atomic E-state index is 0.181. The molecule has 0 bridgehead atoms. The van der Waals surface area contributed by atoms with Crippen molar-refractivity contribution in [2.45, 2.75) is 26.9 Å². The van der Waals surface area contributed by atoms with E-state index in [0.717, 1.165) is 18.8 Å². The monoisotopic (exact) mass is 245 g/mol. The molecule has 0 aromatic carbocycles. The van der Waals surface area contributed by atoms with Crippen molar-refractivity contribution in [3.63, 3.8) is 0 Å². The standard InChI is InChI=1S/C10H19N3O2S/c1-3-11-7-10-8-13(9-12-10)5-6-16(14,15)4-2/h8-9,11H,3-7H2,1-2H3. The molecule has 0 saturated carbocycles. The highest BCUT2D eigenvalue weighted by molar-refractivity contribution is 7.91. The van der Waals surface area contributed by atoms with E-state index in [-0.39, 0.29) is 11.5 Å². The first kappa shape index (κ1) is 13.2. The van der Waals surface area contributed by atoms with Gasteiger partial charge in [-0.2, -0.15) is 0 Å². The maximum atomic E-state index is 11.3. The molecule has 1 rings (SSSR count). The van der Waals surface area contributed by atoms with E-state index >= 15 is 0 Å². The zero-order valence-corrected chi connectivity index (χ0v) is 10.6. The summed E-state index contributed by atoms with van der Waals surface area (Å²) in [6.07, 6.45) is 3.56. The van der Waals surface area contributed by atoms with Gasteiger partial charge < -0.3 is 9.88 Å². The quantitative estimate of drug-likeness (QED) is 0.756. The molecule has 0 aliphatic heterocycles. The van der Waals surface area contributed by atoms with Crippen LogP contribution in [-0.4, -0.2) is 36.0 Å². The summed E-state index contributed by atoms with van der Waals surface area (Å²) in [6.45, 7) is 5.81. The highest BCUT2D eigenvalue weighted by Crippen LogP contribution is 1.98. The summed E-state index contributed by atoms with van der Waals surface area (Å²) in [7, 11) is -2.89. The Hall–Kier alpha value is -0.880. The summed E-state index contributed by atoms with van der Waals surface area (Å²) in [6, 6.07) is 0. The molecule has 1 aromatic heterocycles. The number of hydrogen-bond acceptors (Lipinski definition) is 4. The van der Waals surface area contributed by atoms with Crippen LogP contribution in [0.2, 0.25) is 0 Å². The summed E-state index contributed by atoms with van der Waals surface area (Å²) in [4.78, 5) is 4.19. The summed E-state index contributed by atoms with van der Waals surface area (Å²) in [5.74, 6) is 0.381. The van der Waals surface area contributed by atoms with Crippen molar-refractivity contribution < 1.29 is 8.42 Å². The first-order valence-electron chi connectivity index (χ1n) is 5.49. The lowest BCUT2D eigenvalue weighted by atomic mass is 10.4. The first-order chi connectivity index (χ1) is 7.57. The van der Waals surface area contributed by atoms with Gasteiger partial charge in [0, 0.05) is 25.0 Å². The van der Waals surface area contributed by atoms with E-state index in [9.17, 15) is 8.42 Å². The zero-order valence-electron chi connectivity index (χ0n) is 9.81. The van der Waals surface area contributed by atoms with Crippen LogP contribution in [0.3, 0.4) is 0 Å². The van der Waals surface area contributed by atoms with Crippen molar-refractivity contribution in [1.29, 1.82) is 0 Å². The number of hydrogen-bond donors (Lipinski definition) is 1. The molecular formula is C10H19N3O2S. The Balaban J connectivity index is 2.46. The van der Waals surface area contributed by atoms with Gasteiger partial charge in [0.25, 0.3) is 0 Å². The van der Waals surface area contributed by atoms with E-state index in [1.54, 1.807) is 13.3 Å². The van der Waals surface area contributed by atoms with Crippen molar-refractivity contribution in [2.75, 3.05) is 18.1 Å². The lowest BCUT2D eigenvalue weighted by Gasteiger charge is -2.01. The van der Waals surface area contributed by atoms with E-state index in [2.05, 4.69) is 10.3 Å². The molecule has 0 spiro atoms. The van der Waals surface area contributed by atoms with E-state index in [1.165, 1.54) is 0 Å². The third-order valence-electron chi connectivity index (χ3n) is 2.34. The average molecular weight is 245 g/mol. The molecule has 16 heavy (non-hydrogen) atoms. The number of rotatable bonds is 7. The number of nitrogens with zero attached hydrogens (tertiary/aromatic N) is 2. The van der Waals surface area contributed by atoms with Gasteiger partial charge in [-0.05, 0) is 6.54 Å². The Morgan fingerprint density at radius 3 is 2.81 bits per heavy atom. The van der Waals surface area contributed by atoms with Gasteiger partial charge in [0.1, 0.15) is 0 Å². The fourth-order valence-electron chi connectivity index (χ4n) is 1.26. The van der Waals surface area contributed by atoms with Crippen molar-refractivity contribution >= 4 is 9.84 Å². The van der Waals surface area contributed by atoms with Crippen molar-refractivity contribution in [2.24, 2.45) is 0 Å². The molecule has 0 aliphatic rings. The van der Waals surface area contributed by atoms with Gasteiger partial charge in [-0.25, -0.2) is 13.4 Å². The lowest BCUT2D eigenvalue weighted by molar-refractivity contribution is 0.590. The Morgan fingerprint density at radius 1 is 1.44 bits per heavy atom. The van der Waals surface area contributed by atoms with Crippen LogP contribution in [0.5, 0.6) is 0 Å². The Bertz CT molecular complexity index is 411.